The first-order chi connectivity index (χ1) is 7.63. The molecule has 1 aromatic heterocycles. The lowest BCUT2D eigenvalue weighted by molar-refractivity contribution is -0.138. The van der Waals surface area contributed by atoms with Crippen LogP contribution in [0.2, 0.25) is 0 Å². The van der Waals surface area contributed by atoms with Crippen molar-refractivity contribution in [2.75, 3.05) is 6.67 Å². The third kappa shape index (κ3) is 3.93. The van der Waals surface area contributed by atoms with Crippen molar-refractivity contribution in [3.8, 4) is 0 Å². The molecule has 0 saturated carbocycles. The van der Waals surface area contributed by atoms with Crippen LogP contribution in [0.5, 0.6) is 0 Å². The lowest BCUT2D eigenvalue weighted by atomic mass is 10.1. The Hall–Kier alpha value is -1.50. The Morgan fingerprint density at radius 3 is 3.06 bits per heavy atom. The number of aliphatic carboxylic acids is 1. The second-order valence-electron chi connectivity index (χ2n) is 3.50. The Morgan fingerprint density at radius 1 is 1.69 bits per heavy atom. The lowest BCUT2D eigenvalue weighted by Crippen LogP contribution is -2.29. The number of carbonyl (C=O) groups is 1. The van der Waals surface area contributed by atoms with Crippen molar-refractivity contribution in [3.05, 3.63) is 11.9 Å². The number of rotatable bonds is 7. The summed E-state index contributed by atoms with van der Waals surface area (Å²) >= 11 is 0. The van der Waals surface area contributed by atoms with Crippen LogP contribution in [0.15, 0.2) is 6.20 Å². The van der Waals surface area contributed by atoms with Gasteiger partial charge in [0.2, 0.25) is 0 Å². The summed E-state index contributed by atoms with van der Waals surface area (Å²) in [6.07, 6.45) is 3.28. The molecule has 1 atom stereocenters. The Balaban J connectivity index is 2.29. The first-order valence-electron chi connectivity index (χ1n) is 5.07. The number of nitrogens with two attached hydrogens (primary N) is 1. The Morgan fingerprint density at radius 2 is 2.44 bits per heavy atom. The second kappa shape index (κ2) is 6.16. The van der Waals surface area contributed by atoms with Crippen LogP contribution in [-0.4, -0.2) is 38.8 Å². The fourth-order valence-corrected chi connectivity index (χ4v) is 1.28. The van der Waals surface area contributed by atoms with Gasteiger partial charge in [-0.1, -0.05) is 5.21 Å². The van der Waals surface area contributed by atoms with Crippen LogP contribution < -0.4 is 5.73 Å². The van der Waals surface area contributed by atoms with Crippen molar-refractivity contribution in [2.45, 2.75) is 31.8 Å². The molecule has 1 aromatic rings. The predicted octanol–water partition coefficient (Wildman–Crippen LogP) is -0.0178. The molecule has 1 rings (SSSR count). The fraction of sp³-hybridized carbons (Fsp3) is 0.667. The number of nitrogens with zero attached hydrogens (tertiary/aromatic N) is 3. The highest BCUT2D eigenvalue weighted by atomic mass is 18.2. The van der Waals surface area contributed by atoms with Gasteiger partial charge in [-0.05, 0) is 19.3 Å². The van der Waals surface area contributed by atoms with E-state index in [0.717, 1.165) is 5.69 Å². The lowest BCUT2D eigenvalue weighted by Gasteiger charge is -2.03. The van der Waals surface area contributed by atoms with Gasteiger partial charge in [-0.3, -0.25) is 4.79 Å². The average Bonchev–Trinajstić information content (AvgIpc) is 2.66. The van der Waals surface area contributed by atoms with Gasteiger partial charge in [0.25, 0.3) is 0 Å². The topological polar surface area (TPSA) is 94.0 Å². The highest BCUT2D eigenvalue weighted by Gasteiger charge is 2.11. The molecule has 1 heterocycles. The standard InChI is InChI=1S/C9H15FN4O2/c10-4-5-14-6-7(12-13-14)2-1-3-8(11)9(15)16/h6,8H,1-5,11H2,(H,15,16)/i10-1. The van der Waals surface area contributed by atoms with E-state index in [0.29, 0.717) is 19.3 Å². The molecule has 0 bridgehead atoms. The summed E-state index contributed by atoms with van der Waals surface area (Å²) in [5, 5.41) is 16.1. The molecule has 3 N–H and O–H groups in total. The molecule has 6 nitrogen and oxygen atoms in total. The maximum atomic E-state index is 12.0. The van der Waals surface area contributed by atoms with Crippen molar-refractivity contribution in [1.82, 2.24) is 15.0 Å². The van der Waals surface area contributed by atoms with E-state index in [1.54, 1.807) is 6.20 Å². The van der Waals surface area contributed by atoms with Crippen molar-refractivity contribution in [2.24, 2.45) is 5.73 Å². The van der Waals surface area contributed by atoms with Gasteiger partial charge < -0.3 is 10.8 Å². The minimum atomic E-state index is -0.999. The zero-order valence-electron chi connectivity index (χ0n) is 8.84. The quantitative estimate of drug-likeness (QED) is 0.685. The highest BCUT2D eigenvalue weighted by Crippen LogP contribution is 2.03. The van der Waals surface area contributed by atoms with E-state index in [9.17, 15) is 9.18 Å². The van der Waals surface area contributed by atoms with Crippen LogP contribution in [0.4, 0.5) is 4.39 Å². The largest absolute Gasteiger partial charge is 0.480 e. The number of aryl methyl sites for hydroxylation is 2. The Bertz CT molecular complexity index is 342. The van der Waals surface area contributed by atoms with E-state index >= 15 is 0 Å². The Kier molecular flexibility index (Phi) is 4.84. The monoisotopic (exact) mass is 229 g/mol. The molecule has 90 valence electrons. The number of carboxylic acids is 1. The van der Waals surface area contributed by atoms with Gasteiger partial charge in [0, 0.05) is 6.20 Å². The normalized spacial score (nSPS) is 12.6. The summed E-state index contributed by atoms with van der Waals surface area (Å²) in [5.41, 5.74) is 6.07. The molecule has 0 aromatic carbocycles. The predicted molar refractivity (Wildman–Crippen MR) is 54.5 cm³/mol. The number of aromatic nitrogens is 3. The molecule has 0 aliphatic carbocycles. The number of hydrogen-bond acceptors (Lipinski definition) is 4. The summed E-state index contributed by atoms with van der Waals surface area (Å²) < 4.78 is 13.4. The summed E-state index contributed by atoms with van der Waals surface area (Å²) in [5.74, 6) is -0.999. The average molecular weight is 229 g/mol. The first kappa shape index (κ1) is 12.6. The van der Waals surface area contributed by atoms with Crippen molar-refractivity contribution >= 4 is 5.97 Å². The molecule has 16 heavy (non-hydrogen) atoms. The van der Waals surface area contributed by atoms with Crippen molar-refractivity contribution < 1.29 is 14.3 Å². The van der Waals surface area contributed by atoms with E-state index < -0.39 is 18.7 Å². The molecule has 1 unspecified atom stereocenters. The molecule has 0 aliphatic heterocycles. The third-order valence-corrected chi connectivity index (χ3v) is 2.16. The first-order valence-corrected chi connectivity index (χ1v) is 5.07. The van der Waals surface area contributed by atoms with Gasteiger partial charge in [-0.15, -0.1) is 5.10 Å². The smallest absolute Gasteiger partial charge is 0.320 e. The molecular formula is C9H15FN4O2. The van der Waals surface area contributed by atoms with Gasteiger partial charge >= 0.3 is 5.97 Å². The van der Waals surface area contributed by atoms with Gasteiger partial charge in [0.15, 0.2) is 0 Å². The second-order valence-corrected chi connectivity index (χ2v) is 3.50. The summed E-state index contributed by atoms with van der Waals surface area (Å²) in [4.78, 5) is 10.4. The van der Waals surface area contributed by atoms with Crippen molar-refractivity contribution in [3.63, 3.8) is 0 Å². The molecule has 0 fully saturated rings. The molecular weight excluding hydrogens is 214 g/mol. The molecule has 0 aliphatic rings. The maximum Gasteiger partial charge on any atom is 0.320 e. The number of alkyl halides is 1. The minimum Gasteiger partial charge on any atom is -0.480 e. The van der Waals surface area contributed by atoms with Gasteiger partial charge in [0.05, 0.1) is 12.2 Å². The van der Waals surface area contributed by atoms with Gasteiger partial charge in [0.1, 0.15) is 12.7 Å². The van der Waals surface area contributed by atoms with E-state index in [1.807, 2.05) is 0 Å². The van der Waals surface area contributed by atoms with E-state index in [4.69, 9.17) is 10.8 Å². The molecule has 0 radical (unpaired) electrons. The zero-order valence-corrected chi connectivity index (χ0v) is 8.84. The summed E-state index contributed by atoms with van der Waals surface area (Å²) in [6.45, 7) is -0.283. The zero-order chi connectivity index (χ0) is 12.0. The maximum absolute atomic E-state index is 12.0. The third-order valence-electron chi connectivity index (χ3n) is 2.16. The van der Waals surface area contributed by atoms with Gasteiger partial charge in [-0.2, -0.15) is 0 Å². The molecule has 7 heteroatoms. The SMILES string of the molecule is NC(CCCc1cn(CC[18F])nn1)C(=O)O. The molecule has 0 saturated heterocycles. The summed E-state index contributed by atoms with van der Waals surface area (Å²) in [6, 6.07) is -0.833. The van der Waals surface area contributed by atoms with Gasteiger partial charge in [-0.25, -0.2) is 9.07 Å². The van der Waals surface area contributed by atoms with Crippen molar-refractivity contribution in [1.29, 1.82) is 0 Å². The van der Waals surface area contributed by atoms with Crippen LogP contribution in [0.1, 0.15) is 18.5 Å². The number of halogens is 1. The van der Waals surface area contributed by atoms with E-state index in [1.165, 1.54) is 4.68 Å². The van der Waals surface area contributed by atoms with Crippen LogP contribution in [0.25, 0.3) is 0 Å². The minimum absolute atomic E-state index is 0.196. The van der Waals surface area contributed by atoms with E-state index in [-0.39, 0.29) is 6.54 Å². The molecule has 0 amide bonds. The number of hydrogen-bond donors (Lipinski definition) is 2. The van der Waals surface area contributed by atoms with Crippen LogP contribution in [-0.2, 0) is 17.8 Å². The van der Waals surface area contributed by atoms with Crippen LogP contribution in [0, 0.1) is 0 Å². The fourth-order valence-electron chi connectivity index (χ4n) is 1.28. The van der Waals surface area contributed by atoms with Crippen LogP contribution in [0.3, 0.4) is 0 Å². The highest BCUT2D eigenvalue weighted by molar-refractivity contribution is 5.72. The Labute approximate surface area is 92.2 Å². The number of carboxylic acid groups (broad SMARTS) is 1. The molecule has 0 spiro atoms. The summed E-state index contributed by atoms with van der Waals surface area (Å²) in [7, 11) is 0. The van der Waals surface area contributed by atoms with Crippen LogP contribution >= 0.6 is 0 Å². The van der Waals surface area contributed by atoms with E-state index in [2.05, 4.69) is 10.3 Å².